The van der Waals surface area contributed by atoms with Gasteiger partial charge in [0.05, 0.1) is 11.0 Å². The summed E-state index contributed by atoms with van der Waals surface area (Å²) in [4.78, 5) is 10.4. The van der Waals surface area contributed by atoms with Crippen LogP contribution in [0, 0.1) is 17.0 Å². The molecule has 1 aromatic heterocycles. The molecular formula is C12H13ClN4O2. The second-order valence-electron chi connectivity index (χ2n) is 4.25. The molecular weight excluding hydrogens is 268 g/mol. The van der Waals surface area contributed by atoms with Crippen molar-refractivity contribution in [2.24, 2.45) is 0 Å². The topological polar surface area (TPSA) is 87.0 Å². The van der Waals surface area contributed by atoms with Crippen LogP contribution in [0.1, 0.15) is 24.2 Å². The van der Waals surface area contributed by atoms with Crippen LogP contribution in [0.15, 0.2) is 24.3 Å². The Labute approximate surface area is 114 Å². The molecule has 0 aliphatic heterocycles. The molecule has 0 saturated heterocycles. The minimum absolute atomic E-state index is 0.0509. The van der Waals surface area contributed by atoms with Gasteiger partial charge >= 0.3 is 5.69 Å². The number of benzene rings is 1. The largest absolute Gasteiger partial charge is 0.378 e. The van der Waals surface area contributed by atoms with Gasteiger partial charge in [0.1, 0.15) is 5.69 Å². The fourth-order valence-electron chi connectivity index (χ4n) is 1.99. The van der Waals surface area contributed by atoms with Crippen LogP contribution in [0.4, 0.5) is 11.5 Å². The zero-order chi connectivity index (χ0) is 14.2. The first-order valence-corrected chi connectivity index (χ1v) is 6.04. The van der Waals surface area contributed by atoms with E-state index in [0.29, 0.717) is 10.7 Å². The summed E-state index contributed by atoms with van der Waals surface area (Å²) in [5.41, 5.74) is 6.85. The number of nitro groups is 1. The molecule has 2 aromatic rings. The highest BCUT2D eigenvalue weighted by atomic mass is 35.5. The van der Waals surface area contributed by atoms with Crippen molar-refractivity contribution in [3.05, 3.63) is 50.7 Å². The average Bonchev–Trinajstić information content (AvgIpc) is 2.63. The van der Waals surface area contributed by atoms with Gasteiger partial charge in [0.25, 0.3) is 0 Å². The average molecular weight is 281 g/mol. The monoisotopic (exact) mass is 280 g/mol. The van der Waals surface area contributed by atoms with Gasteiger partial charge in [-0.05, 0) is 31.5 Å². The Bertz CT molecular complexity index is 639. The normalized spacial score (nSPS) is 12.4. The Balaban J connectivity index is 2.48. The highest BCUT2D eigenvalue weighted by Crippen LogP contribution is 2.30. The summed E-state index contributed by atoms with van der Waals surface area (Å²) >= 11 is 5.93. The van der Waals surface area contributed by atoms with Gasteiger partial charge in [0.15, 0.2) is 0 Å². The summed E-state index contributed by atoms with van der Waals surface area (Å²) in [7, 11) is 0. The smallest absolute Gasteiger partial charge is 0.333 e. The number of nitrogen functional groups attached to an aromatic ring is 1. The van der Waals surface area contributed by atoms with E-state index in [1.54, 1.807) is 19.1 Å². The summed E-state index contributed by atoms with van der Waals surface area (Å²) in [6, 6.07) is 7.01. The fraction of sp³-hybridized carbons (Fsp3) is 0.250. The SMILES string of the molecule is Cc1nn(C(C)c2cccc(Cl)c2)c(N)c1[N+](=O)[O-]. The van der Waals surface area contributed by atoms with E-state index < -0.39 is 4.92 Å². The van der Waals surface area contributed by atoms with Gasteiger partial charge in [0.2, 0.25) is 5.82 Å². The van der Waals surface area contributed by atoms with Crippen molar-refractivity contribution in [2.75, 3.05) is 5.73 Å². The Morgan fingerprint density at radius 3 is 2.74 bits per heavy atom. The van der Waals surface area contributed by atoms with Crippen LogP contribution in [0.3, 0.4) is 0 Å². The number of aromatic nitrogens is 2. The summed E-state index contributed by atoms with van der Waals surface area (Å²) in [6.07, 6.45) is 0. The lowest BCUT2D eigenvalue weighted by Crippen LogP contribution is -2.12. The Hall–Kier alpha value is -2.08. The third-order valence-corrected chi connectivity index (χ3v) is 3.21. The molecule has 0 fully saturated rings. The minimum Gasteiger partial charge on any atom is -0.378 e. The Morgan fingerprint density at radius 2 is 2.21 bits per heavy atom. The standard InChI is InChI=1S/C12H13ClN4O2/c1-7-11(17(18)19)12(14)16(15-7)8(2)9-4-3-5-10(13)6-9/h3-6,8H,14H2,1-2H3. The molecule has 1 aromatic carbocycles. The highest BCUT2D eigenvalue weighted by molar-refractivity contribution is 6.30. The van der Waals surface area contributed by atoms with Gasteiger partial charge in [0, 0.05) is 5.02 Å². The van der Waals surface area contributed by atoms with Crippen LogP contribution < -0.4 is 5.73 Å². The lowest BCUT2D eigenvalue weighted by atomic mass is 10.1. The van der Waals surface area contributed by atoms with Gasteiger partial charge in [-0.2, -0.15) is 5.10 Å². The maximum Gasteiger partial charge on any atom is 0.333 e. The third kappa shape index (κ3) is 2.39. The zero-order valence-electron chi connectivity index (χ0n) is 10.5. The number of nitrogens with zero attached hydrogens (tertiary/aromatic N) is 3. The van der Waals surface area contributed by atoms with Crippen molar-refractivity contribution in [3.63, 3.8) is 0 Å². The number of aryl methyl sites for hydroxylation is 1. The van der Waals surface area contributed by atoms with Crippen LogP contribution in [0.2, 0.25) is 5.02 Å². The van der Waals surface area contributed by atoms with Crippen LogP contribution in [-0.4, -0.2) is 14.7 Å². The predicted molar refractivity (Wildman–Crippen MR) is 73.3 cm³/mol. The molecule has 0 radical (unpaired) electrons. The van der Waals surface area contributed by atoms with E-state index in [-0.39, 0.29) is 17.5 Å². The first-order valence-electron chi connectivity index (χ1n) is 5.66. The molecule has 0 aliphatic rings. The van der Waals surface area contributed by atoms with Gasteiger partial charge in [-0.1, -0.05) is 23.7 Å². The van der Waals surface area contributed by atoms with Crippen molar-refractivity contribution in [1.82, 2.24) is 9.78 Å². The van der Waals surface area contributed by atoms with Crippen molar-refractivity contribution < 1.29 is 4.92 Å². The van der Waals surface area contributed by atoms with E-state index in [2.05, 4.69) is 5.10 Å². The van der Waals surface area contributed by atoms with Gasteiger partial charge in [-0.3, -0.25) is 10.1 Å². The van der Waals surface area contributed by atoms with Crippen molar-refractivity contribution in [3.8, 4) is 0 Å². The summed E-state index contributed by atoms with van der Waals surface area (Å²) in [5, 5.41) is 15.7. The Morgan fingerprint density at radius 1 is 1.53 bits per heavy atom. The van der Waals surface area contributed by atoms with E-state index in [4.69, 9.17) is 17.3 Å². The van der Waals surface area contributed by atoms with E-state index in [9.17, 15) is 10.1 Å². The first kappa shape index (κ1) is 13.4. The van der Waals surface area contributed by atoms with E-state index in [0.717, 1.165) is 5.56 Å². The molecule has 0 aliphatic carbocycles. The summed E-state index contributed by atoms with van der Waals surface area (Å²) in [5.74, 6) is 0.0509. The molecule has 0 spiro atoms. The first-order chi connectivity index (χ1) is 8.91. The van der Waals surface area contributed by atoms with Crippen molar-refractivity contribution in [2.45, 2.75) is 19.9 Å². The second kappa shape index (κ2) is 4.89. The molecule has 100 valence electrons. The molecule has 0 bridgehead atoms. The molecule has 0 amide bonds. The number of hydrogen-bond donors (Lipinski definition) is 1. The van der Waals surface area contributed by atoms with Crippen LogP contribution in [0.25, 0.3) is 0 Å². The number of halogens is 1. The quantitative estimate of drug-likeness (QED) is 0.691. The maximum absolute atomic E-state index is 10.9. The van der Waals surface area contributed by atoms with Crippen LogP contribution >= 0.6 is 11.6 Å². The van der Waals surface area contributed by atoms with Crippen molar-refractivity contribution >= 4 is 23.1 Å². The lowest BCUT2D eigenvalue weighted by Gasteiger charge is -2.13. The van der Waals surface area contributed by atoms with Crippen LogP contribution in [-0.2, 0) is 0 Å². The molecule has 1 heterocycles. The van der Waals surface area contributed by atoms with Crippen molar-refractivity contribution in [1.29, 1.82) is 0 Å². The third-order valence-electron chi connectivity index (χ3n) is 2.97. The molecule has 1 atom stereocenters. The Kier molecular flexibility index (Phi) is 3.44. The minimum atomic E-state index is -0.515. The fourth-order valence-corrected chi connectivity index (χ4v) is 2.18. The predicted octanol–water partition coefficient (Wildman–Crippen LogP) is 2.94. The summed E-state index contributed by atoms with van der Waals surface area (Å²) in [6.45, 7) is 3.42. The molecule has 19 heavy (non-hydrogen) atoms. The van der Waals surface area contributed by atoms with Crippen LogP contribution in [0.5, 0.6) is 0 Å². The molecule has 7 heteroatoms. The molecule has 6 nitrogen and oxygen atoms in total. The zero-order valence-corrected chi connectivity index (χ0v) is 11.3. The molecule has 1 unspecified atom stereocenters. The van der Waals surface area contributed by atoms with Gasteiger partial charge in [-0.15, -0.1) is 0 Å². The summed E-state index contributed by atoms with van der Waals surface area (Å²) < 4.78 is 1.44. The van der Waals surface area contributed by atoms with Gasteiger partial charge in [-0.25, -0.2) is 4.68 Å². The molecule has 2 N–H and O–H groups in total. The van der Waals surface area contributed by atoms with Gasteiger partial charge < -0.3 is 5.73 Å². The highest BCUT2D eigenvalue weighted by Gasteiger charge is 2.25. The van der Waals surface area contributed by atoms with E-state index in [1.165, 1.54) is 4.68 Å². The molecule has 0 saturated carbocycles. The second-order valence-corrected chi connectivity index (χ2v) is 4.69. The van der Waals surface area contributed by atoms with E-state index >= 15 is 0 Å². The lowest BCUT2D eigenvalue weighted by molar-refractivity contribution is -0.384. The number of anilines is 1. The van der Waals surface area contributed by atoms with E-state index in [1.807, 2.05) is 19.1 Å². The maximum atomic E-state index is 10.9. The number of nitrogens with two attached hydrogens (primary N) is 1. The molecule has 2 rings (SSSR count). The number of hydrogen-bond acceptors (Lipinski definition) is 4. The number of rotatable bonds is 3.